The molecular formula is C13H11N7O4. The van der Waals surface area contributed by atoms with Crippen molar-refractivity contribution < 1.29 is 19.5 Å². The van der Waals surface area contributed by atoms with Gasteiger partial charge in [-0.25, -0.2) is 0 Å². The lowest BCUT2D eigenvalue weighted by Crippen LogP contribution is -2.49. The molecule has 1 N–H and O–H groups in total. The minimum atomic E-state index is -1.90. The number of fused-ring (bicyclic) bond motifs is 1. The molecule has 0 aromatic heterocycles. The molecule has 0 saturated heterocycles. The SMILES string of the molecule is [N-]=[N+]=NCC(CN=[N+]=[N-])(CN1C(=O)c2ccccc2C1=O)C(=O)O. The van der Waals surface area contributed by atoms with Crippen molar-refractivity contribution in [1.82, 2.24) is 4.90 Å². The largest absolute Gasteiger partial charge is 0.481 e. The summed E-state index contributed by atoms with van der Waals surface area (Å²) in [5, 5.41) is 16.0. The van der Waals surface area contributed by atoms with E-state index >= 15 is 0 Å². The number of azide groups is 2. The second kappa shape index (κ2) is 6.69. The maximum atomic E-state index is 12.4. The van der Waals surface area contributed by atoms with Gasteiger partial charge in [-0.15, -0.1) is 0 Å². The summed E-state index contributed by atoms with van der Waals surface area (Å²) in [6.45, 7) is -1.73. The number of hydrogen-bond acceptors (Lipinski definition) is 5. The summed E-state index contributed by atoms with van der Waals surface area (Å²) in [6, 6.07) is 6.08. The van der Waals surface area contributed by atoms with Crippen LogP contribution in [-0.4, -0.2) is 47.4 Å². The molecule has 11 heteroatoms. The minimum Gasteiger partial charge on any atom is -0.481 e. The van der Waals surface area contributed by atoms with Gasteiger partial charge in [0.2, 0.25) is 0 Å². The Balaban J connectivity index is 2.41. The Hall–Kier alpha value is -3.55. The zero-order valence-electron chi connectivity index (χ0n) is 12.2. The number of carboxylic acids is 1. The molecule has 1 heterocycles. The van der Waals surface area contributed by atoms with Crippen molar-refractivity contribution in [2.45, 2.75) is 0 Å². The molecule has 0 unspecified atom stereocenters. The second-order valence-corrected chi connectivity index (χ2v) is 5.11. The molecular weight excluding hydrogens is 318 g/mol. The van der Waals surface area contributed by atoms with Crippen LogP contribution in [0.25, 0.3) is 20.9 Å². The highest BCUT2D eigenvalue weighted by Crippen LogP contribution is 2.28. The molecule has 0 aliphatic carbocycles. The first-order valence-corrected chi connectivity index (χ1v) is 6.67. The van der Waals surface area contributed by atoms with Gasteiger partial charge in [-0.3, -0.25) is 19.3 Å². The molecule has 0 atom stereocenters. The van der Waals surface area contributed by atoms with Gasteiger partial charge in [-0.2, -0.15) is 0 Å². The summed E-state index contributed by atoms with van der Waals surface area (Å²) < 4.78 is 0. The van der Waals surface area contributed by atoms with E-state index in [4.69, 9.17) is 11.1 Å². The van der Waals surface area contributed by atoms with Crippen molar-refractivity contribution in [3.63, 3.8) is 0 Å². The first kappa shape index (κ1) is 16.8. The van der Waals surface area contributed by atoms with Crippen LogP contribution in [0.2, 0.25) is 0 Å². The third kappa shape index (κ3) is 2.84. The van der Waals surface area contributed by atoms with Crippen LogP contribution < -0.4 is 0 Å². The van der Waals surface area contributed by atoms with Crippen LogP contribution >= 0.6 is 0 Å². The predicted octanol–water partition coefficient (Wildman–Crippen LogP) is 1.97. The van der Waals surface area contributed by atoms with E-state index in [2.05, 4.69) is 20.1 Å². The van der Waals surface area contributed by atoms with Crippen LogP contribution in [0.15, 0.2) is 34.5 Å². The van der Waals surface area contributed by atoms with Crippen molar-refractivity contribution in [2.75, 3.05) is 19.6 Å². The number of aliphatic carboxylic acids is 1. The number of amides is 2. The second-order valence-electron chi connectivity index (χ2n) is 5.11. The average molecular weight is 329 g/mol. The molecule has 1 aliphatic heterocycles. The quantitative estimate of drug-likeness (QED) is 0.349. The van der Waals surface area contributed by atoms with Crippen molar-refractivity contribution in [1.29, 1.82) is 0 Å². The highest BCUT2D eigenvalue weighted by Gasteiger charge is 2.45. The van der Waals surface area contributed by atoms with E-state index in [1.807, 2.05) is 0 Å². The Labute approximate surface area is 134 Å². The highest BCUT2D eigenvalue weighted by molar-refractivity contribution is 6.21. The molecule has 0 spiro atoms. The maximum absolute atomic E-state index is 12.4. The zero-order chi connectivity index (χ0) is 17.7. The van der Waals surface area contributed by atoms with Gasteiger partial charge >= 0.3 is 5.97 Å². The number of imide groups is 1. The normalized spacial score (nSPS) is 15.1. The number of carbonyl (C=O) groups is 3. The van der Waals surface area contributed by atoms with Gasteiger partial charge < -0.3 is 5.11 Å². The topological polar surface area (TPSA) is 172 Å². The minimum absolute atomic E-state index is 0.161. The van der Waals surface area contributed by atoms with Crippen molar-refractivity contribution in [2.24, 2.45) is 15.6 Å². The molecule has 1 aromatic carbocycles. The summed E-state index contributed by atoms with van der Waals surface area (Å²) in [6.07, 6.45) is 0. The van der Waals surface area contributed by atoms with Gasteiger partial charge in [0.25, 0.3) is 11.8 Å². The number of hydrogen-bond donors (Lipinski definition) is 1. The van der Waals surface area contributed by atoms with Gasteiger partial charge in [-0.05, 0) is 23.2 Å². The Morgan fingerprint density at radius 2 is 1.54 bits per heavy atom. The Morgan fingerprint density at radius 3 is 1.92 bits per heavy atom. The number of benzene rings is 1. The van der Waals surface area contributed by atoms with Crippen molar-refractivity contribution >= 4 is 17.8 Å². The number of carbonyl (C=O) groups excluding carboxylic acids is 2. The van der Waals surface area contributed by atoms with E-state index in [9.17, 15) is 19.5 Å². The summed E-state index contributed by atoms with van der Waals surface area (Å²) in [5.74, 6) is -2.75. The first-order valence-electron chi connectivity index (χ1n) is 6.67. The van der Waals surface area contributed by atoms with Crippen LogP contribution in [0.5, 0.6) is 0 Å². The third-order valence-electron chi connectivity index (χ3n) is 3.67. The zero-order valence-corrected chi connectivity index (χ0v) is 12.2. The van der Waals surface area contributed by atoms with E-state index in [0.29, 0.717) is 0 Å². The molecule has 1 aliphatic rings. The van der Waals surface area contributed by atoms with Crippen LogP contribution in [-0.2, 0) is 4.79 Å². The van der Waals surface area contributed by atoms with E-state index in [-0.39, 0.29) is 11.1 Å². The van der Waals surface area contributed by atoms with E-state index in [1.165, 1.54) is 12.1 Å². The summed E-state index contributed by atoms with van der Waals surface area (Å²) in [7, 11) is 0. The molecule has 0 fully saturated rings. The lowest BCUT2D eigenvalue weighted by molar-refractivity contribution is -0.148. The molecule has 11 nitrogen and oxygen atoms in total. The lowest BCUT2D eigenvalue weighted by atomic mass is 9.87. The Bertz CT molecular complexity index is 753. The van der Waals surface area contributed by atoms with Crippen LogP contribution in [0.4, 0.5) is 0 Å². The lowest BCUT2D eigenvalue weighted by Gasteiger charge is -2.29. The van der Waals surface area contributed by atoms with Crippen LogP contribution in [0, 0.1) is 5.41 Å². The average Bonchev–Trinajstić information content (AvgIpc) is 2.82. The summed E-state index contributed by atoms with van der Waals surface area (Å²) in [4.78, 5) is 42.2. The maximum Gasteiger partial charge on any atom is 0.311 e. The number of carboxylic acid groups (broad SMARTS) is 1. The predicted molar refractivity (Wildman–Crippen MR) is 79.9 cm³/mol. The fourth-order valence-electron chi connectivity index (χ4n) is 2.37. The van der Waals surface area contributed by atoms with Gasteiger partial charge in [-0.1, -0.05) is 22.4 Å². The molecule has 122 valence electrons. The molecule has 1 aromatic rings. The summed E-state index contributed by atoms with van der Waals surface area (Å²) >= 11 is 0. The summed E-state index contributed by atoms with van der Waals surface area (Å²) in [5.41, 5.74) is 15.3. The fraction of sp³-hybridized carbons (Fsp3) is 0.308. The third-order valence-corrected chi connectivity index (χ3v) is 3.67. The number of rotatable bonds is 7. The number of nitrogens with zero attached hydrogens (tertiary/aromatic N) is 7. The Morgan fingerprint density at radius 1 is 1.08 bits per heavy atom. The fourth-order valence-corrected chi connectivity index (χ4v) is 2.37. The van der Waals surface area contributed by atoms with Crippen LogP contribution in [0.1, 0.15) is 20.7 Å². The highest BCUT2D eigenvalue weighted by atomic mass is 16.4. The van der Waals surface area contributed by atoms with Crippen molar-refractivity contribution in [3.05, 3.63) is 56.3 Å². The van der Waals surface area contributed by atoms with E-state index < -0.39 is 42.8 Å². The van der Waals surface area contributed by atoms with Gasteiger partial charge in [0, 0.05) is 29.5 Å². The van der Waals surface area contributed by atoms with Gasteiger partial charge in [0.15, 0.2) is 0 Å². The molecule has 0 bridgehead atoms. The molecule has 2 rings (SSSR count). The Kier molecular flexibility index (Phi) is 4.69. The van der Waals surface area contributed by atoms with Gasteiger partial charge in [0.1, 0.15) is 0 Å². The van der Waals surface area contributed by atoms with E-state index in [1.54, 1.807) is 12.1 Å². The molecule has 24 heavy (non-hydrogen) atoms. The molecule has 0 radical (unpaired) electrons. The van der Waals surface area contributed by atoms with Crippen LogP contribution in [0.3, 0.4) is 0 Å². The first-order chi connectivity index (χ1) is 11.5. The van der Waals surface area contributed by atoms with E-state index in [0.717, 1.165) is 4.90 Å². The molecule has 2 amide bonds. The standard InChI is InChI=1S/C13H11N7O4/c14-18-16-5-13(12(23)24,6-17-19-15)7-20-10(21)8-3-1-2-4-9(8)11(20)22/h1-4H,5-7H2,(H,23,24). The molecule has 0 saturated carbocycles. The van der Waals surface area contributed by atoms with Gasteiger partial charge in [0.05, 0.1) is 16.5 Å². The van der Waals surface area contributed by atoms with Crippen molar-refractivity contribution in [3.8, 4) is 0 Å². The monoisotopic (exact) mass is 329 g/mol. The smallest absolute Gasteiger partial charge is 0.311 e.